The molecule has 0 atom stereocenters. The predicted octanol–water partition coefficient (Wildman–Crippen LogP) is 1.87. The highest BCUT2D eigenvalue weighted by atomic mass is 16.1. The Balaban J connectivity index is 2.34. The van der Waals surface area contributed by atoms with Gasteiger partial charge in [-0.15, -0.1) is 0 Å². The SMILES string of the molecule is CC(C)(C)CNC1=CC(=O)CC1. The number of hydrogen-bond donors (Lipinski definition) is 1. The van der Waals surface area contributed by atoms with Gasteiger partial charge in [0.1, 0.15) is 0 Å². The summed E-state index contributed by atoms with van der Waals surface area (Å²) in [6.45, 7) is 7.47. The average molecular weight is 167 g/mol. The summed E-state index contributed by atoms with van der Waals surface area (Å²) in [7, 11) is 0. The Hall–Kier alpha value is -0.790. The van der Waals surface area contributed by atoms with E-state index in [1.165, 1.54) is 0 Å². The third-order valence-electron chi connectivity index (χ3n) is 1.82. The monoisotopic (exact) mass is 167 g/mol. The molecule has 0 fully saturated rings. The molecule has 0 saturated carbocycles. The average Bonchev–Trinajstić information content (AvgIpc) is 2.30. The number of ketones is 1. The van der Waals surface area contributed by atoms with Gasteiger partial charge in [0.25, 0.3) is 0 Å². The van der Waals surface area contributed by atoms with Gasteiger partial charge in [0.15, 0.2) is 5.78 Å². The van der Waals surface area contributed by atoms with Gasteiger partial charge in [-0.2, -0.15) is 0 Å². The molecule has 0 aliphatic heterocycles. The van der Waals surface area contributed by atoms with Crippen molar-refractivity contribution in [3.8, 4) is 0 Å². The molecule has 0 heterocycles. The fraction of sp³-hybridized carbons (Fsp3) is 0.700. The Labute approximate surface area is 74.0 Å². The Bertz CT molecular complexity index is 210. The van der Waals surface area contributed by atoms with Crippen molar-refractivity contribution in [3.05, 3.63) is 11.8 Å². The van der Waals surface area contributed by atoms with Crippen molar-refractivity contribution in [2.45, 2.75) is 33.6 Å². The molecule has 0 saturated heterocycles. The van der Waals surface area contributed by atoms with Gasteiger partial charge >= 0.3 is 0 Å². The first kappa shape index (κ1) is 9.30. The minimum atomic E-state index is 0.256. The van der Waals surface area contributed by atoms with Crippen molar-refractivity contribution < 1.29 is 4.79 Å². The van der Waals surface area contributed by atoms with Gasteiger partial charge in [0.05, 0.1) is 0 Å². The molecule has 1 rings (SSSR count). The highest BCUT2D eigenvalue weighted by Crippen LogP contribution is 2.15. The lowest BCUT2D eigenvalue weighted by Gasteiger charge is -2.19. The maximum absolute atomic E-state index is 10.9. The molecule has 1 aliphatic rings. The standard InChI is InChI=1S/C10H17NO/c1-10(2,3)7-11-8-4-5-9(12)6-8/h6,11H,4-5,7H2,1-3H3. The van der Waals surface area contributed by atoms with Crippen LogP contribution in [0.5, 0.6) is 0 Å². The molecular weight excluding hydrogens is 150 g/mol. The lowest BCUT2D eigenvalue weighted by Crippen LogP contribution is -2.25. The topological polar surface area (TPSA) is 29.1 Å². The third kappa shape index (κ3) is 3.07. The van der Waals surface area contributed by atoms with E-state index < -0.39 is 0 Å². The van der Waals surface area contributed by atoms with Gasteiger partial charge in [-0.05, 0) is 11.8 Å². The molecule has 1 N–H and O–H groups in total. The smallest absolute Gasteiger partial charge is 0.157 e. The summed E-state index contributed by atoms with van der Waals surface area (Å²) in [6, 6.07) is 0. The minimum Gasteiger partial charge on any atom is -0.388 e. The van der Waals surface area contributed by atoms with E-state index in [9.17, 15) is 4.79 Å². The van der Waals surface area contributed by atoms with E-state index in [1.807, 2.05) is 0 Å². The third-order valence-corrected chi connectivity index (χ3v) is 1.82. The molecule has 12 heavy (non-hydrogen) atoms. The molecule has 2 heteroatoms. The Morgan fingerprint density at radius 2 is 2.08 bits per heavy atom. The maximum Gasteiger partial charge on any atom is 0.157 e. The molecule has 68 valence electrons. The van der Waals surface area contributed by atoms with E-state index >= 15 is 0 Å². The highest BCUT2D eigenvalue weighted by Gasteiger charge is 2.14. The Kier molecular flexibility index (Phi) is 2.55. The van der Waals surface area contributed by atoms with Crippen LogP contribution in [0.2, 0.25) is 0 Å². The summed E-state index contributed by atoms with van der Waals surface area (Å²) in [6.07, 6.45) is 3.31. The van der Waals surface area contributed by atoms with Crippen LogP contribution in [-0.4, -0.2) is 12.3 Å². The van der Waals surface area contributed by atoms with Gasteiger partial charge in [-0.3, -0.25) is 4.79 Å². The quantitative estimate of drug-likeness (QED) is 0.680. The number of nitrogens with one attached hydrogen (secondary N) is 1. The maximum atomic E-state index is 10.9. The van der Waals surface area contributed by atoms with E-state index in [4.69, 9.17) is 0 Å². The Morgan fingerprint density at radius 3 is 2.50 bits per heavy atom. The van der Waals surface area contributed by atoms with Crippen LogP contribution in [0, 0.1) is 5.41 Å². The Morgan fingerprint density at radius 1 is 1.42 bits per heavy atom. The van der Waals surface area contributed by atoms with Gasteiger partial charge in [-0.1, -0.05) is 20.8 Å². The van der Waals surface area contributed by atoms with Gasteiger partial charge in [-0.25, -0.2) is 0 Å². The zero-order chi connectivity index (χ0) is 9.19. The van der Waals surface area contributed by atoms with Gasteiger partial charge in [0.2, 0.25) is 0 Å². The minimum absolute atomic E-state index is 0.256. The first-order chi connectivity index (χ1) is 5.47. The van der Waals surface area contributed by atoms with Crippen LogP contribution < -0.4 is 5.32 Å². The second kappa shape index (κ2) is 3.30. The van der Waals surface area contributed by atoms with Crippen LogP contribution in [-0.2, 0) is 4.79 Å². The summed E-state index contributed by atoms with van der Waals surface area (Å²) in [5, 5.41) is 3.29. The fourth-order valence-corrected chi connectivity index (χ4v) is 1.11. The van der Waals surface area contributed by atoms with E-state index in [0.29, 0.717) is 6.42 Å². The van der Waals surface area contributed by atoms with Crippen molar-refractivity contribution in [2.75, 3.05) is 6.54 Å². The molecule has 0 aromatic carbocycles. The van der Waals surface area contributed by atoms with Crippen molar-refractivity contribution in [3.63, 3.8) is 0 Å². The van der Waals surface area contributed by atoms with Gasteiger partial charge < -0.3 is 5.32 Å². The molecule has 0 unspecified atom stereocenters. The second-order valence-corrected chi connectivity index (χ2v) is 4.55. The van der Waals surface area contributed by atoms with E-state index in [-0.39, 0.29) is 11.2 Å². The van der Waals surface area contributed by atoms with Crippen LogP contribution in [0.25, 0.3) is 0 Å². The molecule has 0 aromatic heterocycles. The molecule has 0 aromatic rings. The number of carbonyl (C=O) groups excluding carboxylic acids is 1. The van der Waals surface area contributed by atoms with Crippen LogP contribution in [0.15, 0.2) is 11.8 Å². The largest absolute Gasteiger partial charge is 0.388 e. The van der Waals surface area contributed by atoms with Crippen molar-refractivity contribution >= 4 is 5.78 Å². The van der Waals surface area contributed by atoms with Crippen molar-refractivity contribution in [1.82, 2.24) is 5.32 Å². The normalized spacial score (nSPS) is 17.9. The van der Waals surface area contributed by atoms with Crippen molar-refractivity contribution in [1.29, 1.82) is 0 Å². The predicted molar refractivity (Wildman–Crippen MR) is 49.8 cm³/mol. The zero-order valence-electron chi connectivity index (χ0n) is 8.11. The first-order valence-corrected chi connectivity index (χ1v) is 4.45. The van der Waals surface area contributed by atoms with Crippen LogP contribution >= 0.6 is 0 Å². The van der Waals surface area contributed by atoms with E-state index in [2.05, 4.69) is 26.1 Å². The molecule has 0 amide bonds. The number of rotatable bonds is 2. The molecular formula is C10H17NO. The van der Waals surface area contributed by atoms with E-state index in [1.54, 1.807) is 6.08 Å². The number of allylic oxidation sites excluding steroid dienone is 2. The van der Waals surface area contributed by atoms with Crippen LogP contribution in [0.3, 0.4) is 0 Å². The van der Waals surface area contributed by atoms with Crippen molar-refractivity contribution in [2.24, 2.45) is 5.41 Å². The van der Waals surface area contributed by atoms with Crippen LogP contribution in [0.1, 0.15) is 33.6 Å². The zero-order valence-corrected chi connectivity index (χ0v) is 8.11. The fourth-order valence-electron chi connectivity index (χ4n) is 1.11. The number of carbonyl (C=O) groups is 1. The summed E-state index contributed by atoms with van der Waals surface area (Å²) in [5.41, 5.74) is 1.39. The highest BCUT2D eigenvalue weighted by molar-refractivity contribution is 5.92. The second-order valence-electron chi connectivity index (χ2n) is 4.55. The molecule has 0 bridgehead atoms. The summed E-state index contributed by atoms with van der Waals surface area (Å²) in [4.78, 5) is 10.9. The molecule has 2 nitrogen and oxygen atoms in total. The summed E-state index contributed by atoms with van der Waals surface area (Å²) in [5.74, 6) is 0.256. The lowest BCUT2D eigenvalue weighted by molar-refractivity contribution is -0.114. The summed E-state index contributed by atoms with van der Waals surface area (Å²) < 4.78 is 0. The first-order valence-electron chi connectivity index (χ1n) is 4.45. The van der Waals surface area contributed by atoms with Crippen LogP contribution in [0.4, 0.5) is 0 Å². The molecule has 0 radical (unpaired) electrons. The summed E-state index contributed by atoms with van der Waals surface area (Å²) >= 11 is 0. The molecule has 0 spiro atoms. The lowest BCUT2D eigenvalue weighted by atomic mass is 9.97. The van der Waals surface area contributed by atoms with E-state index in [0.717, 1.165) is 18.7 Å². The molecule has 1 aliphatic carbocycles. The van der Waals surface area contributed by atoms with Gasteiger partial charge in [0, 0.05) is 24.7 Å². The number of hydrogen-bond acceptors (Lipinski definition) is 2.